The van der Waals surface area contributed by atoms with Gasteiger partial charge in [-0.1, -0.05) is 11.6 Å². The molecule has 0 bridgehead atoms. The van der Waals surface area contributed by atoms with Crippen molar-refractivity contribution in [3.63, 3.8) is 0 Å². The predicted molar refractivity (Wildman–Crippen MR) is 41.7 cm³/mol. The van der Waals surface area contributed by atoms with E-state index in [2.05, 4.69) is 4.98 Å². The molecular weight excluding hydrogens is 234 g/mol. The molecule has 0 unspecified atom stereocenters. The van der Waals surface area contributed by atoms with E-state index in [-0.39, 0.29) is 15.2 Å². The van der Waals surface area contributed by atoms with Crippen LogP contribution in [0.15, 0.2) is 0 Å². The molecule has 1 aromatic rings. The molecule has 0 amide bonds. The third kappa shape index (κ3) is 2.02. The number of rotatable bonds is 1. The van der Waals surface area contributed by atoms with Crippen LogP contribution in [0.2, 0.25) is 4.47 Å². The van der Waals surface area contributed by atoms with Gasteiger partial charge in [0, 0.05) is 0 Å². The minimum atomic E-state index is -4.46. The lowest BCUT2D eigenvalue weighted by atomic mass is 10.4. The largest absolute Gasteiger partial charge is 0.434 e. The molecule has 0 saturated carbocycles. The minimum Gasteiger partial charge on any atom is -0.220 e. The number of hydrogen-bond acceptors (Lipinski definition) is 2. The average Bonchev–Trinajstić information content (AvgIpc) is 2.29. The van der Waals surface area contributed by atoms with Crippen molar-refractivity contribution in [2.75, 3.05) is 0 Å². The van der Waals surface area contributed by atoms with Crippen molar-refractivity contribution in [3.05, 3.63) is 15.0 Å². The summed E-state index contributed by atoms with van der Waals surface area (Å²) in [6, 6.07) is 0. The van der Waals surface area contributed by atoms with E-state index in [4.69, 9.17) is 23.2 Å². The van der Waals surface area contributed by atoms with Gasteiger partial charge in [0.1, 0.15) is 0 Å². The van der Waals surface area contributed by atoms with E-state index < -0.39 is 11.9 Å². The zero-order valence-corrected chi connectivity index (χ0v) is 7.78. The number of alkyl halides is 4. The van der Waals surface area contributed by atoms with Crippen molar-refractivity contribution in [2.45, 2.75) is 12.1 Å². The molecule has 1 heterocycles. The molecule has 0 aliphatic rings. The maximum Gasteiger partial charge on any atom is 0.434 e. The Morgan fingerprint density at radius 3 is 2.33 bits per heavy atom. The molecule has 0 aromatic carbocycles. The van der Waals surface area contributed by atoms with Gasteiger partial charge in [0.25, 0.3) is 0 Å². The molecule has 0 aliphatic carbocycles. The summed E-state index contributed by atoms with van der Waals surface area (Å²) in [5, 5.41) is 0. The monoisotopic (exact) mass is 235 g/mol. The molecule has 0 N–H and O–H groups in total. The summed E-state index contributed by atoms with van der Waals surface area (Å²) < 4.78 is 36.1. The molecule has 1 aromatic heterocycles. The fourth-order valence-corrected chi connectivity index (χ4v) is 1.94. The van der Waals surface area contributed by atoms with E-state index in [1.807, 2.05) is 0 Å². The van der Waals surface area contributed by atoms with E-state index in [9.17, 15) is 13.2 Å². The quantitative estimate of drug-likeness (QED) is 0.679. The van der Waals surface area contributed by atoms with Crippen molar-refractivity contribution in [3.8, 4) is 0 Å². The lowest BCUT2D eigenvalue weighted by Gasteiger charge is -2.02. The van der Waals surface area contributed by atoms with E-state index >= 15 is 0 Å². The van der Waals surface area contributed by atoms with Crippen molar-refractivity contribution < 1.29 is 13.2 Å². The minimum absolute atomic E-state index is 0.0471. The number of nitrogens with zero attached hydrogens (tertiary/aromatic N) is 1. The zero-order valence-electron chi connectivity index (χ0n) is 5.45. The molecule has 1 rings (SSSR count). The van der Waals surface area contributed by atoms with Gasteiger partial charge < -0.3 is 0 Å². The second-order valence-corrected chi connectivity index (χ2v) is 3.80. The van der Waals surface area contributed by atoms with Gasteiger partial charge in [-0.3, -0.25) is 0 Å². The first-order valence-electron chi connectivity index (χ1n) is 2.73. The van der Waals surface area contributed by atoms with Gasteiger partial charge in [0.05, 0.1) is 10.8 Å². The van der Waals surface area contributed by atoms with Gasteiger partial charge in [-0.25, -0.2) is 4.98 Å². The van der Waals surface area contributed by atoms with Crippen LogP contribution in [0.3, 0.4) is 0 Å². The summed E-state index contributed by atoms with van der Waals surface area (Å²) in [6.45, 7) is 0. The molecule has 0 radical (unpaired) electrons. The Morgan fingerprint density at radius 2 is 2.00 bits per heavy atom. The lowest BCUT2D eigenvalue weighted by Crippen LogP contribution is -2.07. The molecular formula is C5H2Cl2F3NS. The predicted octanol–water partition coefficient (Wildman–Crippen LogP) is 3.55. The third-order valence-electron chi connectivity index (χ3n) is 1.06. The van der Waals surface area contributed by atoms with Gasteiger partial charge in [0.15, 0.2) is 10.2 Å². The molecule has 7 heteroatoms. The first-order chi connectivity index (χ1) is 5.45. The Labute approximate surface area is 80.1 Å². The topological polar surface area (TPSA) is 12.9 Å². The highest BCUT2D eigenvalue weighted by Crippen LogP contribution is 2.36. The number of halogens is 5. The molecule has 0 aliphatic heterocycles. The van der Waals surface area contributed by atoms with Crippen LogP contribution in [0.4, 0.5) is 13.2 Å². The fourth-order valence-electron chi connectivity index (χ4n) is 0.635. The van der Waals surface area contributed by atoms with E-state index in [1.165, 1.54) is 0 Å². The molecule has 0 saturated heterocycles. The molecule has 0 atom stereocenters. The Bertz CT molecular complexity index is 283. The van der Waals surface area contributed by atoms with Crippen molar-refractivity contribution in [1.82, 2.24) is 4.98 Å². The molecule has 0 spiro atoms. The van der Waals surface area contributed by atoms with Crippen LogP contribution in [0, 0.1) is 0 Å². The van der Waals surface area contributed by atoms with Crippen molar-refractivity contribution >= 4 is 34.5 Å². The summed E-state index contributed by atoms with van der Waals surface area (Å²) in [5.74, 6) is -0.223. The van der Waals surface area contributed by atoms with Crippen LogP contribution in [0.25, 0.3) is 0 Å². The second-order valence-electron chi connectivity index (χ2n) is 1.87. The van der Waals surface area contributed by atoms with Gasteiger partial charge in [-0.2, -0.15) is 13.2 Å². The van der Waals surface area contributed by atoms with Crippen LogP contribution in [-0.2, 0) is 12.1 Å². The molecule has 68 valence electrons. The van der Waals surface area contributed by atoms with Crippen LogP contribution in [0.5, 0.6) is 0 Å². The van der Waals surface area contributed by atoms with E-state index in [1.54, 1.807) is 0 Å². The Balaban J connectivity index is 3.13. The average molecular weight is 236 g/mol. The summed E-state index contributed by atoms with van der Waals surface area (Å²) in [6.07, 6.45) is -4.46. The van der Waals surface area contributed by atoms with Gasteiger partial charge in [-0.15, -0.1) is 22.9 Å². The Kier molecular flexibility index (Phi) is 2.85. The van der Waals surface area contributed by atoms with Crippen LogP contribution < -0.4 is 0 Å². The SMILES string of the molecule is FC(F)(F)c1nc(Cl)sc1CCl. The van der Waals surface area contributed by atoms with E-state index in [0.29, 0.717) is 0 Å². The molecule has 12 heavy (non-hydrogen) atoms. The maximum absolute atomic E-state index is 12.1. The van der Waals surface area contributed by atoms with Crippen molar-refractivity contribution in [1.29, 1.82) is 0 Å². The number of aromatic nitrogens is 1. The summed E-state index contributed by atoms with van der Waals surface area (Å²) in [4.78, 5) is 3.08. The first-order valence-corrected chi connectivity index (χ1v) is 4.46. The smallest absolute Gasteiger partial charge is 0.220 e. The number of hydrogen-bond donors (Lipinski definition) is 0. The van der Waals surface area contributed by atoms with Gasteiger partial charge in [-0.05, 0) is 0 Å². The summed E-state index contributed by atoms with van der Waals surface area (Å²) in [7, 11) is 0. The fraction of sp³-hybridized carbons (Fsp3) is 0.400. The summed E-state index contributed by atoms with van der Waals surface area (Å²) in [5.41, 5.74) is -0.979. The molecule has 0 fully saturated rings. The summed E-state index contributed by atoms with van der Waals surface area (Å²) >= 11 is 11.3. The highest BCUT2D eigenvalue weighted by Gasteiger charge is 2.36. The van der Waals surface area contributed by atoms with Crippen LogP contribution in [0.1, 0.15) is 10.6 Å². The van der Waals surface area contributed by atoms with Crippen LogP contribution in [-0.4, -0.2) is 4.98 Å². The Hall–Kier alpha value is -0.0000000000000000555. The standard InChI is InChI=1S/C5H2Cl2F3NS/c6-1-2-3(5(8,9)10)11-4(7)12-2/h1H2. The highest BCUT2D eigenvalue weighted by atomic mass is 35.5. The zero-order chi connectivity index (χ0) is 9.35. The normalized spacial score (nSPS) is 12.1. The lowest BCUT2D eigenvalue weighted by molar-refractivity contribution is -0.141. The maximum atomic E-state index is 12.1. The van der Waals surface area contributed by atoms with Crippen molar-refractivity contribution in [2.24, 2.45) is 0 Å². The molecule has 1 nitrogen and oxygen atoms in total. The Morgan fingerprint density at radius 1 is 1.42 bits per heavy atom. The first kappa shape index (κ1) is 10.1. The van der Waals surface area contributed by atoms with E-state index in [0.717, 1.165) is 11.3 Å². The third-order valence-corrected chi connectivity index (χ3v) is 2.65. The van der Waals surface area contributed by atoms with Crippen LogP contribution >= 0.6 is 34.5 Å². The second kappa shape index (κ2) is 3.40. The van der Waals surface area contributed by atoms with Gasteiger partial charge in [0.2, 0.25) is 0 Å². The van der Waals surface area contributed by atoms with Gasteiger partial charge >= 0.3 is 6.18 Å². The highest BCUT2D eigenvalue weighted by molar-refractivity contribution is 7.16. The number of thiazole rings is 1.